The molecule has 0 aliphatic rings. The Morgan fingerprint density at radius 2 is 2.08 bits per heavy atom. The summed E-state index contributed by atoms with van der Waals surface area (Å²) in [6, 6.07) is 0. The van der Waals surface area contributed by atoms with Crippen molar-refractivity contribution in [3.63, 3.8) is 0 Å². The zero-order chi connectivity index (χ0) is 9.35. The van der Waals surface area contributed by atoms with Gasteiger partial charge in [-0.1, -0.05) is 6.92 Å². The van der Waals surface area contributed by atoms with Crippen LogP contribution in [-0.4, -0.2) is 9.55 Å². The maximum Gasteiger partial charge on any atom is 0.326 e. The van der Waals surface area contributed by atoms with Crippen LogP contribution in [0, 0.1) is 0 Å². The van der Waals surface area contributed by atoms with E-state index in [1.807, 2.05) is 27.7 Å². The van der Waals surface area contributed by atoms with E-state index in [1.54, 1.807) is 10.8 Å². The highest BCUT2D eigenvalue weighted by Crippen LogP contribution is 2.13. The maximum absolute atomic E-state index is 11.4. The summed E-state index contributed by atoms with van der Waals surface area (Å²) in [6.07, 6.45) is 2.67. The average molecular weight is 168 g/mol. The Balaban J connectivity index is 3.29. The third kappa shape index (κ3) is 1.44. The molecule has 0 aliphatic heterocycles. The molecule has 0 atom stereocenters. The van der Waals surface area contributed by atoms with Gasteiger partial charge in [-0.3, -0.25) is 4.57 Å². The number of nitrogens with one attached hydrogen (secondary N) is 1. The predicted molar refractivity (Wildman–Crippen MR) is 49.4 cm³/mol. The average Bonchev–Trinajstić information content (AvgIpc) is 2.29. The summed E-state index contributed by atoms with van der Waals surface area (Å²) in [5, 5.41) is 0. The molecule has 0 amide bonds. The topological polar surface area (TPSA) is 37.8 Å². The highest BCUT2D eigenvalue weighted by Gasteiger charge is 2.18. The second-order valence-electron chi connectivity index (χ2n) is 3.94. The monoisotopic (exact) mass is 168 g/mol. The normalized spacial score (nSPS) is 12.0. The minimum absolute atomic E-state index is 0.0145. The zero-order valence-corrected chi connectivity index (χ0v) is 8.14. The maximum atomic E-state index is 11.4. The number of aryl methyl sites for hydroxylation is 1. The van der Waals surface area contributed by atoms with Gasteiger partial charge < -0.3 is 4.98 Å². The lowest BCUT2D eigenvalue weighted by atomic mass is 10.1. The molecule has 1 heterocycles. The molecule has 0 radical (unpaired) electrons. The molecule has 1 aromatic heterocycles. The second kappa shape index (κ2) is 2.81. The Morgan fingerprint density at radius 1 is 1.50 bits per heavy atom. The molecule has 12 heavy (non-hydrogen) atoms. The van der Waals surface area contributed by atoms with E-state index >= 15 is 0 Å². The fourth-order valence-corrected chi connectivity index (χ4v) is 1.40. The van der Waals surface area contributed by atoms with Crippen LogP contribution in [0.5, 0.6) is 0 Å². The number of hydrogen-bond acceptors (Lipinski definition) is 1. The number of rotatable bonds is 1. The van der Waals surface area contributed by atoms with Gasteiger partial charge >= 0.3 is 5.69 Å². The molecule has 3 nitrogen and oxygen atoms in total. The van der Waals surface area contributed by atoms with E-state index < -0.39 is 0 Å². The summed E-state index contributed by atoms with van der Waals surface area (Å²) in [7, 11) is 0. The van der Waals surface area contributed by atoms with Crippen LogP contribution in [0.25, 0.3) is 0 Å². The number of imidazole rings is 1. The number of aromatic nitrogens is 2. The largest absolute Gasteiger partial charge is 0.326 e. The summed E-state index contributed by atoms with van der Waals surface area (Å²) in [6.45, 7) is 8.13. The van der Waals surface area contributed by atoms with E-state index in [2.05, 4.69) is 4.98 Å². The second-order valence-corrected chi connectivity index (χ2v) is 3.94. The van der Waals surface area contributed by atoms with Crippen molar-refractivity contribution in [2.45, 2.75) is 39.7 Å². The van der Waals surface area contributed by atoms with Crippen LogP contribution < -0.4 is 5.69 Å². The smallest absolute Gasteiger partial charge is 0.312 e. The minimum atomic E-state index is -0.123. The Labute approximate surface area is 72.4 Å². The highest BCUT2D eigenvalue weighted by atomic mass is 16.1. The number of H-pyrrole nitrogens is 1. The molecule has 0 unspecified atom stereocenters. The summed E-state index contributed by atoms with van der Waals surface area (Å²) in [5.41, 5.74) is 0.925. The summed E-state index contributed by atoms with van der Waals surface area (Å²) in [5.74, 6) is 0. The fraction of sp³-hybridized carbons (Fsp3) is 0.667. The van der Waals surface area contributed by atoms with E-state index in [9.17, 15) is 4.79 Å². The van der Waals surface area contributed by atoms with Gasteiger partial charge in [0.05, 0.1) is 0 Å². The molecule has 0 saturated heterocycles. The van der Waals surface area contributed by atoms with Gasteiger partial charge in [0.1, 0.15) is 0 Å². The van der Waals surface area contributed by atoms with Crippen LogP contribution in [0.3, 0.4) is 0 Å². The molecular formula is C9H16N2O. The Kier molecular flexibility index (Phi) is 2.13. The van der Waals surface area contributed by atoms with Crippen LogP contribution >= 0.6 is 0 Å². The van der Waals surface area contributed by atoms with E-state index in [4.69, 9.17) is 0 Å². The van der Waals surface area contributed by atoms with Gasteiger partial charge in [-0.05, 0) is 27.2 Å². The van der Waals surface area contributed by atoms with Crippen molar-refractivity contribution < 1.29 is 0 Å². The van der Waals surface area contributed by atoms with Gasteiger partial charge in [0.15, 0.2) is 0 Å². The highest BCUT2D eigenvalue weighted by molar-refractivity contribution is 5.01. The molecule has 3 heteroatoms. The fourth-order valence-electron chi connectivity index (χ4n) is 1.40. The number of nitrogens with zero attached hydrogens (tertiary/aromatic N) is 1. The molecule has 1 N–H and O–H groups in total. The number of aromatic amines is 1. The molecule has 1 rings (SSSR count). The van der Waals surface area contributed by atoms with E-state index in [1.165, 1.54) is 0 Å². The van der Waals surface area contributed by atoms with Crippen molar-refractivity contribution in [2.24, 2.45) is 0 Å². The van der Waals surface area contributed by atoms with Gasteiger partial charge in [0.2, 0.25) is 0 Å². The van der Waals surface area contributed by atoms with Crippen LogP contribution in [0.2, 0.25) is 0 Å². The van der Waals surface area contributed by atoms with Gasteiger partial charge in [0, 0.05) is 17.4 Å². The van der Waals surface area contributed by atoms with E-state index in [0.717, 1.165) is 12.1 Å². The Hall–Kier alpha value is -0.990. The minimum Gasteiger partial charge on any atom is -0.312 e. The Morgan fingerprint density at radius 3 is 2.42 bits per heavy atom. The van der Waals surface area contributed by atoms with Crippen molar-refractivity contribution in [1.29, 1.82) is 0 Å². The summed E-state index contributed by atoms with van der Waals surface area (Å²) < 4.78 is 1.80. The first-order valence-corrected chi connectivity index (χ1v) is 4.26. The Bertz CT molecular complexity index is 314. The first-order chi connectivity index (χ1) is 5.46. The molecule has 0 spiro atoms. The van der Waals surface area contributed by atoms with Crippen molar-refractivity contribution in [3.05, 3.63) is 22.4 Å². The van der Waals surface area contributed by atoms with Gasteiger partial charge in [0.25, 0.3) is 0 Å². The molecule has 0 bridgehead atoms. The molecule has 0 aromatic carbocycles. The lowest BCUT2D eigenvalue weighted by molar-refractivity contribution is 0.374. The standard InChI is InChI=1S/C9H16N2O/c1-5-7-6-10-8(12)11(7)9(2,3)4/h6H,5H2,1-4H3,(H,10,12). The molecular weight excluding hydrogens is 152 g/mol. The van der Waals surface area contributed by atoms with Crippen LogP contribution in [0.15, 0.2) is 11.0 Å². The molecule has 0 fully saturated rings. The lowest BCUT2D eigenvalue weighted by Crippen LogP contribution is -2.33. The van der Waals surface area contributed by atoms with Crippen molar-refractivity contribution in [1.82, 2.24) is 9.55 Å². The van der Waals surface area contributed by atoms with E-state index in [0.29, 0.717) is 0 Å². The van der Waals surface area contributed by atoms with Crippen molar-refractivity contribution in [2.75, 3.05) is 0 Å². The summed E-state index contributed by atoms with van der Waals surface area (Å²) in [4.78, 5) is 14.1. The first kappa shape index (κ1) is 9.10. The summed E-state index contributed by atoms with van der Waals surface area (Å²) >= 11 is 0. The lowest BCUT2D eigenvalue weighted by Gasteiger charge is -2.21. The van der Waals surface area contributed by atoms with Crippen LogP contribution in [0.1, 0.15) is 33.4 Å². The van der Waals surface area contributed by atoms with Gasteiger partial charge in [-0.2, -0.15) is 0 Å². The van der Waals surface area contributed by atoms with Gasteiger partial charge in [-0.15, -0.1) is 0 Å². The van der Waals surface area contributed by atoms with Gasteiger partial charge in [-0.25, -0.2) is 4.79 Å². The van der Waals surface area contributed by atoms with Crippen LogP contribution in [-0.2, 0) is 12.0 Å². The molecule has 68 valence electrons. The predicted octanol–water partition coefficient (Wildman–Crippen LogP) is 1.49. The molecule has 0 aliphatic carbocycles. The quantitative estimate of drug-likeness (QED) is 0.678. The number of hydrogen-bond donors (Lipinski definition) is 1. The van der Waals surface area contributed by atoms with E-state index in [-0.39, 0.29) is 11.2 Å². The zero-order valence-electron chi connectivity index (χ0n) is 8.14. The third-order valence-electron chi connectivity index (χ3n) is 1.89. The SMILES string of the molecule is CCc1c[nH]c(=O)n1C(C)(C)C. The van der Waals surface area contributed by atoms with Crippen molar-refractivity contribution in [3.8, 4) is 0 Å². The van der Waals surface area contributed by atoms with Crippen molar-refractivity contribution >= 4 is 0 Å². The first-order valence-electron chi connectivity index (χ1n) is 4.26. The molecule has 1 aromatic rings. The third-order valence-corrected chi connectivity index (χ3v) is 1.89. The van der Waals surface area contributed by atoms with Crippen LogP contribution in [0.4, 0.5) is 0 Å². The molecule has 0 saturated carbocycles.